The average Bonchev–Trinajstić information content (AvgIpc) is 2.64. The van der Waals surface area contributed by atoms with Crippen molar-refractivity contribution >= 4 is 23.1 Å². The number of nitrogens with zero attached hydrogens (tertiary/aromatic N) is 2. The number of halogens is 5. The Kier molecular flexibility index (Phi) is 5.21. The number of benzene rings is 2. The van der Waals surface area contributed by atoms with E-state index in [-0.39, 0.29) is 22.9 Å². The molecule has 0 saturated carbocycles. The number of nitrogens with one attached hydrogen (secondary N) is 2. The highest BCUT2D eigenvalue weighted by molar-refractivity contribution is 6.03. The smallest absolute Gasteiger partial charge is 0.340 e. The second-order valence-corrected chi connectivity index (χ2v) is 5.54. The van der Waals surface area contributed by atoms with E-state index in [2.05, 4.69) is 20.6 Å². The van der Waals surface area contributed by atoms with Gasteiger partial charge in [-0.25, -0.2) is 18.7 Å². The summed E-state index contributed by atoms with van der Waals surface area (Å²) in [6.07, 6.45) is -3.62. The van der Waals surface area contributed by atoms with Gasteiger partial charge in [-0.05, 0) is 24.3 Å². The molecule has 0 bridgehead atoms. The van der Waals surface area contributed by atoms with Gasteiger partial charge in [0, 0.05) is 12.1 Å². The van der Waals surface area contributed by atoms with Crippen LogP contribution in [0.4, 0.5) is 39.1 Å². The van der Waals surface area contributed by atoms with Gasteiger partial charge in [0.05, 0.1) is 16.9 Å². The molecule has 3 rings (SSSR count). The van der Waals surface area contributed by atoms with E-state index in [9.17, 15) is 26.7 Å². The molecule has 1 heterocycles. The van der Waals surface area contributed by atoms with Crippen LogP contribution < -0.4 is 10.6 Å². The lowest BCUT2D eigenvalue weighted by atomic mass is 10.1. The lowest BCUT2D eigenvalue weighted by Gasteiger charge is -2.14. The lowest BCUT2D eigenvalue weighted by molar-refractivity contribution is -0.136. The molecule has 1 aromatic heterocycles. The molecule has 144 valence electrons. The van der Waals surface area contributed by atoms with E-state index in [1.165, 1.54) is 18.2 Å². The quantitative estimate of drug-likeness (QED) is 0.626. The van der Waals surface area contributed by atoms with Gasteiger partial charge in [0.1, 0.15) is 29.5 Å². The van der Waals surface area contributed by atoms with Crippen LogP contribution >= 0.6 is 0 Å². The molecular formula is C18H11F5N4O. The molecule has 0 atom stereocenters. The van der Waals surface area contributed by atoms with Gasteiger partial charge in [0.15, 0.2) is 0 Å². The Labute approximate surface area is 155 Å². The highest BCUT2D eigenvalue weighted by Crippen LogP contribution is 2.35. The van der Waals surface area contributed by atoms with Gasteiger partial charge < -0.3 is 10.6 Å². The van der Waals surface area contributed by atoms with Gasteiger partial charge in [0.25, 0.3) is 5.91 Å². The van der Waals surface area contributed by atoms with Crippen LogP contribution in [0.3, 0.4) is 0 Å². The first-order valence-corrected chi connectivity index (χ1v) is 7.76. The molecule has 0 fully saturated rings. The number of hydrogen-bond donors (Lipinski definition) is 2. The van der Waals surface area contributed by atoms with E-state index in [4.69, 9.17) is 0 Å². The summed E-state index contributed by atoms with van der Waals surface area (Å²) in [6.45, 7) is 0. The predicted octanol–water partition coefficient (Wildman–Crippen LogP) is 4.77. The second-order valence-electron chi connectivity index (χ2n) is 5.54. The van der Waals surface area contributed by atoms with Crippen molar-refractivity contribution in [2.24, 2.45) is 0 Å². The summed E-state index contributed by atoms with van der Waals surface area (Å²) < 4.78 is 65.8. The Morgan fingerprint density at radius 2 is 1.68 bits per heavy atom. The van der Waals surface area contributed by atoms with E-state index in [1.807, 2.05) is 0 Å². The maximum atomic E-state index is 13.6. The van der Waals surface area contributed by atoms with Crippen molar-refractivity contribution in [1.29, 1.82) is 0 Å². The monoisotopic (exact) mass is 394 g/mol. The minimum Gasteiger partial charge on any atom is -0.340 e. The number of aromatic nitrogens is 2. The zero-order valence-corrected chi connectivity index (χ0v) is 13.9. The van der Waals surface area contributed by atoms with Crippen molar-refractivity contribution < 1.29 is 26.7 Å². The van der Waals surface area contributed by atoms with Crippen LogP contribution in [0.25, 0.3) is 0 Å². The fraction of sp³-hybridized carbons (Fsp3) is 0.0556. The molecule has 28 heavy (non-hydrogen) atoms. The molecule has 0 spiro atoms. The number of para-hydroxylation sites is 1. The first-order chi connectivity index (χ1) is 13.2. The van der Waals surface area contributed by atoms with Crippen molar-refractivity contribution in [1.82, 2.24) is 9.97 Å². The topological polar surface area (TPSA) is 66.9 Å². The minimum absolute atomic E-state index is 0.0728. The molecule has 10 heteroatoms. The summed E-state index contributed by atoms with van der Waals surface area (Å²) in [5, 5.41) is 4.68. The Morgan fingerprint density at radius 1 is 0.929 bits per heavy atom. The van der Waals surface area contributed by atoms with Crippen LogP contribution in [0.5, 0.6) is 0 Å². The molecule has 0 radical (unpaired) electrons. The SMILES string of the molecule is O=C(Nc1ccc(F)cc1F)c1cc(Nc2ccccc2C(F)(F)F)ncn1. The minimum atomic E-state index is -4.59. The Morgan fingerprint density at radius 3 is 2.39 bits per heavy atom. The van der Waals surface area contributed by atoms with Crippen molar-refractivity contribution in [3.8, 4) is 0 Å². The van der Waals surface area contributed by atoms with Crippen molar-refractivity contribution in [2.75, 3.05) is 10.6 Å². The first kappa shape index (κ1) is 19.2. The second kappa shape index (κ2) is 7.59. The molecule has 0 aliphatic heterocycles. The number of rotatable bonds is 4. The molecule has 0 aliphatic rings. The van der Waals surface area contributed by atoms with Gasteiger partial charge >= 0.3 is 6.18 Å². The summed E-state index contributed by atoms with van der Waals surface area (Å²) in [5.41, 5.74) is -1.68. The van der Waals surface area contributed by atoms with E-state index in [0.29, 0.717) is 6.07 Å². The largest absolute Gasteiger partial charge is 0.418 e. The number of hydrogen-bond acceptors (Lipinski definition) is 4. The number of alkyl halides is 3. The van der Waals surface area contributed by atoms with Crippen LogP contribution in [0.1, 0.15) is 16.1 Å². The van der Waals surface area contributed by atoms with Crippen LogP contribution in [0.2, 0.25) is 0 Å². The van der Waals surface area contributed by atoms with Gasteiger partial charge in [-0.15, -0.1) is 0 Å². The summed E-state index contributed by atoms with van der Waals surface area (Å²) in [5.74, 6) is -2.72. The average molecular weight is 394 g/mol. The zero-order chi connectivity index (χ0) is 20.3. The van der Waals surface area contributed by atoms with Crippen LogP contribution in [-0.4, -0.2) is 15.9 Å². The summed E-state index contributed by atoms with van der Waals surface area (Å²) in [4.78, 5) is 19.7. The third kappa shape index (κ3) is 4.40. The summed E-state index contributed by atoms with van der Waals surface area (Å²) >= 11 is 0. The number of anilines is 3. The van der Waals surface area contributed by atoms with Crippen LogP contribution in [-0.2, 0) is 6.18 Å². The Bertz CT molecular complexity index is 1020. The van der Waals surface area contributed by atoms with Crippen molar-refractivity contribution in [3.05, 3.63) is 77.8 Å². The summed E-state index contributed by atoms with van der Waals surface area (Å²) in [7, 11) is 0. The highest BCUT2D eigenvalue weighted by Gasteiger charge is 2.33. The molecule has 2 N–H and O–H groups in total. The van der Waals surface area contributed by atoms with Gasteiger partial charge in [-0.1, -0.05) is 12.1 Å². The predicted molar refractivity (Wildman–Crippen MR) is 91.1 cm³/mol. The van der Waals surface area contributed by atoms with Crippen LogP contribution in [0, 0.1) is 11.6 Å². The molecule has 2 aromatic carbocycles. The van der Waals surface area contributed by atoms with Crippen molar-refractivity contribution in [3.63, 3.8) is 0 Å². The Hall–Kier alpha value is -3.56. The third-order valence-corrected chi connectivity index (χ3v) is 3.57. The lowest BCUT2D eigenvalue weighted by Crippen LogP contribution is -2.15. The van der Waals surface area contributed by atoms with Crippen LogP contribution in [0.15, 0.2) is 54.9 Å². The number of amides is 1. The maximum absolute atomic E-state index is 13.6. The zero-order valence-electron chi connectivity index (χ0n) is 13.9. The van der Waals surface area contributed by atoms with Gasteiger partial charge in [-0.2, -0.15) is 13.2 Å². The molecule has 3 aromatic rings. The van der Waals surface area contributed by atoms with E-state index < -0.39 is 29.3 Å². The fourth-order valence-corrected chi connectivity index (χ4v) is 2.30. The molecule has 0 saturated heterocycles. The molecular weight excluding hydrogens is 383 g/mol. The molecule has 0 unspecified atom stereocenters. The molecule has 1 amide bonds. The standard InChI is InChI=1S/C18H11F5N4O/c19-10-5-6-14(12(20)7-10)27-17(28)15-8-16(25-9-24-15)26-13-4-2-1-3-11(13)18(21,22)23/h1-9H,(H,27,28)(H,24,25,26). The Balaban J connectivity index is 1.82. The van der Waals surface area contributed by atoms with Crippen molar-refractivity contribution in [2.45, 2.75) is 6.18 Å². The molecule has 0 aliphatic carbocycles. The van der Waals surface area contributed by atoms with Gasteiger partial charge in [0.2, 0.25) is 0 Å². The van der Waals surface area contributed by atoms with E-state index in [0.717, 1.165) is 30.6 Å². The summed E-state index contributed by atoms with van der Waals surface area (Å²) in [6, 6.07) is 8.43. The number of carbonyl (C=O) groups is 1. The number of carbonyl (C=O) groups excluding carboxylic acids is 1. The third-order valence-electron chi connectivity index (χ3n) is 3.57. The molecule has 5 nitrogen and oxygen atoms in total. The highest BCUT2D eigenvalue weighted by atomic mass is 19.4. The fourth-order valence-electron chi connectivity index (χ4n) is 2.30. The van der Waals surface area contributed by atoms with E-state index in [1.54, 1.807) is 0 Å². The maximum Gasteiger partial charge on any atom is 0.418 e. The van der Waals surface area contributed by atoms with Gasteiger partial charge in [-0.3, -0.25) is 4.79 Å². The first-order valence-electron chi connectivity index (χ1n) is 7.76. The normalized spacial score (nSPS) is 11.2. The van der Waals surface area contributed by atoms with E-state index >= 15 is 0 Å².